The van der Waals surface area contributed by atoms with Crippen LogP contribution in [0.3, 0.4) is 0 Å². The fourth-order valence-electron chi connectivity index (χ4n) is 4.38. The van der Waals surface area contributed by atoms with Gasteiger partial charge in [-0.2, -0.15) is 0 Å². The van der Waals surface area contributed by atoms with Crippen LogP contribution in [0.2, 0.25) is 0 Å². The molecule has 0 saturated carbocycles. The zero-order valence-electron chi connectivity index (χ0n) is 17.6. The van der Waals surface area contributed by atoms with Crippen LogP contribution in [0.1, 0.15) is 37.0 Å². The highest BCUT2D eigenvalue weighted by molar-refractivity contribution is 6.07. The molecule has 154 valence electrons. The number of benzene rings is 3. The highest BCUT2D eigenvalue weighted by Crippen LogP contribution is 2.27. The largest absolute Gasteiger partial charge is 0.339 e. The molecule has 0 atom stereocenters. The van der Waals surface area contributed by atoms with Gasteiger partial charge in [0.1, 0.15) is 0 Å². The summed E-state index contributed by atoms with van der Waals surface area (Å²) in [6.07, 6.45) is 1.40. The number of piperidine rings is 1. The topological polar surface area (TPSA) is 40.6 Å². The van der Waals surface area contributed by atoms with E-state index < -0.39 is 0 Å². The van der Waals surface area contributed by atoms with Crippen molar-refractivity contribution in [2.45, 2.75) is 32.7 Å². The Morgan fingerprint density at radius 3 is 2.20 bits per heavy atom. The molecule has 30 heavy (non-hydrogen) atoms. The van der Waals surface area contributed by atoms with Gasteiger partial charge in [-0.15, -0.1) is 0 Å². The smallest absolute Gasteiger partial charge is 0.254 e. The fourth-order valence-corrected chi connectivity index (χ4v) is 4.38. The van der Waals surface area contributed by atoms with Gasteiger partial charge in [0.2, 0.25) is 5.91 Å². The van der Waals surface area contributed by atoms with Crippen molar-refractivity contribution in [1.82, 2.24) is 4.90 Å². The number of carbonyl (C=O) groups excluding carboxylic acids is 2. The van der Waals surface area contributed by atoms with Crippen LogP contribution in [0, 0.1) is 5.92 Å². The van der Waals surface area contributed by atoms with Crippen LogP contribution in [0.5, 0.6) is 0 Å². The highest BCUT2D eigenvalue weighted by Gasteiger charge is 2.32. The fraction of sp³-hybridized carbons (Fsp3) is 0.308. The SMILES string of the molecule is CC(C)N(C(=O)C1CCN(C(=O)c2cccc3ccccc23)CC1)c1ccccc1. The molecule has 1 fully saturated rings. The third kappa shape index (κ3) is 3.95. The maximum Gasteiger partial charge on any atom is 0.254 e. The molecule has 0 bridgehead atoms. The van der Waals surface area contributed by atoms with Gasteiger partial charge in [-0.05, 0) is 55.7 Å². The van der Waals surface area contributed by atoms with Crippen LogP contribution in [-0.2, 0) is 4.79 Å². The van der Waals surface area contributed by atoms with E-state index >= 15 is 0 Å². The number of likely N-dealkylation sites (tertiary alicyclic amines) is 1. The maximum absolute atomic E-state index is 13.3. The predicted octanol–water partition coefficient (Wildman–Crippen LogP) is 5.13. The minimum atomic E-state index is -0.0517. The molecule has 1 heterocycles. The lowest BCUT2D eigenvalue weighted by Crippen LogP contribution is -2.46. The predicted molar refractivity (Wildman–Crippen MR) is 122 cm³/mol. The quantitative estimate of drug-likeness (QED) is 0.609. The molecule has 0 radical (unpaired) electrons. The lowest BCUT2D eigenvalue weighted by molar-refractivity contribution is -0.124. The zero-order valence-corrected chi connectivity index (χ0v) is 17.6. The Labute approximate surface area is 178 Å². The third-order valence-electron chi connectivity index (χ3n) is 5.94. The number of amides is 2. The van der Waals surface area contributed by atoms with E-state index in [2.05, 4.69) is 0 Å². The molecular weight excluding hydrogens is 372 g/mol. The third-order valence-corrected chi connectivity index (χ3v) is 5.94. The van der Waals surface area contributed by atoms with Crippen molar-refractivity contribution in [3.8, 4) is 0 Å². The van der Waals surface area contributed by atoms with E-state index in [1.54, 1.807) is 0 Å². The Morgan fingerprint density at radius 2 is 1.50 bits per heavy atom. The Morgan fingerprint density at radius 1 is 0.867 bits per heavy atom. The molecule has 3 aromatic rings. The van der Waals surface area contributed by atoms with Crippen LogP contribution in [0.25, 0.3) is 10.8 Å². The molecule has 1 aliphatic heterocycles. The lowest BCUT2D eigenvalue weighted by atomic mass is 9.93. The average Bonchev–Trinajstić information content (AvgIpc) is 2.79. The molecular formula is C26H28N2O2. The second-order valence-electron chi connectivity index (χ2n) is 8.23. The number of hydrogen-bond acceptors (Lipinski definition) is 2. The van der Waals surface area contributed by atoms with Crippen molar-refractivity contribution in [3.63, 3.8) is 0 Å². The lowest BCUT2D eigenvalue weighted by Gasteiger charge is -2.36. The summed E-state index contributed by atoms with van der Waals surface area (Å²) >= 11 is 0. The summed E-state index contributed by atoms with van der Waals surface area (Å²) in [6, 6.07) is 23.8. The molecule has 4 heteroatoms. The molecule has 0 N–H and O–H groups in total. The van der Waals surface area contributed by atoms with Crippen molar-refractivity contribution in [3.05, 3.63) is 78.4 Å². The summed E-state index contributed by atoms with van der Waals surface area (Å²) in [5.41, 5.74) is 1.68. The first-order valence-corrected chi connectivity index (χ1v) is 10.7. The Balaban J connectivity index is 1.47. The average molecular weight is 401 g/mol. The van der Waals surface area contributed by atoms with Crippen molar-refractivity contribution in [2.24, 2.45) is 5.92 Å². The second-order valence-corrected chi connectivity index (χ2v) is 8.23. The van der Waals surface area contributed by atoms with Crippen LogP contribution in [0.15, 0.2) is 72.8 Å². The summed E-state index contributed by atoms with van der Waals surface area (Å²) in [6.45, 7) is 5.31. The van der Waals surface area contributed by atoms with Crippen molar-refractivity contribution in [2.75, 3.05) is 18.0 Å². The molecule has 4 rings (SSSR count). The molecule has 4 nitrogen and oxygen atoms in total. The van der Waals surface area contributed by atoms with Crippen LogP contribution >= 0.6 is 0 Å². The number of para-hydroxylation sites is 1. The summed E-state index contributed by atoms with van der Waals surface area (Å²) in [5, 5.41) is 2.06. The van der Waals surface area contributed by atoms with E-state index in [4.69, 9.17) is 0 Å². The summed E-state index contributed by atoms with van der Waals surface area (Å²) in [5.74, 6) is 0.166. The molecule has 3 aromatic carbocycles. The first-order chi connectivity index (χ1) is 14.6. The van der Waals surface area contributed by atoms with E-state index in [0.29, 0.717) is 25.9 Å². The number of fused-ring (bicyclic) bond motifs is 1. The first-order valence-electron chi connectivity index (χ1n) is 10.7. The van der Waals surface area contributed by atoms with E-state index in [1.165, 1.54) is 0 Å². The normalized spacial score (nSPS) is 14.8. The number of carbonyl (C=O) groups is 2. The van der Waals surface area contributed by atoms with E-state index in [1.807, 2.05) is 96.4 Å². The number of anilines is 1. The van der Waals surface area contributed by atoms with Crippen LogP contribution in [0.4, 0.5) is 5.69 Å². The molecule has 0 spiro atoms. The molecule has 0 aromatic heterocycles. The van der Waals surface area contributed by atoms with Gasteiger partial charge in [0.05, 0.1) is 0 Å². The van der Waals surface area contributed by atoms with Gasteiger partial charge in [-0.3, -0.25) is 9.59 Å². The summed E-state index contributed by atoms with van der Waals surface area (Å²) in [4.78, 5) is 30.3. The van der Waals surface area contributed by atoms with Crippen molar-refractivity contribution < 1.29 is 9.59 Å². The maximum atomic E-state index is 13.3. The second kappa shape index (κ2) is 8.70. The summed E-state index contributed by atoms with van der Waals surface area (Å²) < 4.78 is 0. The molecule has 1 aliphatic rings. The van der Waals surface area contributed by atoms with Gasteiger partial charge in [-0.25, -0.2) is 0 Å². The molecule has 2 amide bonds. The minimum Gasteiger partial charge on any atom is -0.339 e. The number of rotatable bonds is 4. The van der Waals surface area contributed by atoms with Gasteiger partial charge in [0.15, 0.2) is 0 Å². The van der Waals surface area contributed by atoms with Gasteiger partial charge in [0.25, 0.3) is 5.91 Å². The van der Waals surface area contributed by atoms with Gasteiger partial charge < -0.3 is 9.80 Å². The van der Waals surface area contributed by atoms with Crippen LogP contribution in [-0.4, -0.2) is 35.8 Å². The highest BCUT2D eigenvalue weighted by atomic mass is 16.2. The van der Waals surface area contributed by atoms with Crippen LogP contribution < -0.4 is 4.90 Å². The minimum absolute atomic E-state index is 0.0517. The Hall–Kier alpha value is -3.14. The molecule has 0 unspecified atom stereocenters. The van der Waals surface area contributed by atoms with E-state index in [9.17, 15) is 9.59 Å². The number of nitrogens with zero attached hydrogens (tertiary/aromatic N) is 2. The monoisotopic (exact) mass is 400 g/mol. The summed E-state index contributed by atoms with van der Waals surface area (Å²) in [7, 11) is 0. The standard InChI is InChI=1S/C26H28N2O2/c1-19(2)28(22-11-4-3-5-12-22)25(29)21-15-17-27(18-16-21)26(30)24-14-8-10-20-9-6-7-13-23(20)24/h3-14,19,21H,15-18H2,1-2H3. The Bertz CT molecular complexity index is 1030. The number of hydrogen-bond donors (Lipinski definition) is 0. The van der Waals surface area contributed by atoms with Gasteiger partial charge in [-0.1, -0.05) is 54.6 Å². The van der Waals surface area contributed by atoms with Crippen molar-refractivity contribution >= 4 is 28.3 Å². The molecule has 1 saturated heterocycles. The van der Waals surface area contributed by atoms with E-state index in [0.717, 1.165) is 22.0 Å². The zero-order chi connectivity index (χ0) is 21.1. The van der Waals surface area contributed by atoms with E-state index in [-0.39, 0.29) is 23.8 Å². The van der Waals surface area contributed by atoms with Gasteiger partial charge in [0, 0.05) is 36.3 Å². The first kappa shape index (κ1) is 20.1. The van der Waals surface area contributed by atoms with Crippen molar-refractivity contribution in [1.29, 1.82) is 0 Å². The van der Waals surface area contributed by atoms with Gasteiger partial charge >= 0.3 is 0 Å². The molecule has 0 aliphatic carbocycles. The Kier molecular flexibility index (Phi) is 5.84.